The van der Waals surface area contributed by atoms with Crippen LogP contribution in [-0.4, -0.2) is 35.7 Å². The first-order valence-electron chi connectivity index (χ1n) is 9.24. The van der Waals surface area contributed by atoms with Gasteiger partial charge in [0.05, 0.1) is 13.2 Å². The Balaban J connectivity index is 1.74. The van der Waals surface area contributed by atoms with Crippen molar-refractivity contribution in [2.24, 2.45) is 0 Å². The Morgan fingerprint density at radius 3 is 2.32 bits per heavy atom. The van der Waals surface area contributed by atoms with Crippen LogP contribution in [0.3, 0.4) is 0 Å². The van der Waals surface area contributed by atoms with Crippen molar-refractivity contribution in [3.63, 3.8) is 0 Å². The van der Waals surface area contributed by atoms with E-state index >= 15 is 0 Å². The standard InChI is InChI=1S/C22H22FNO4/c1-28-22(27)19-12-11-18(15-5-3-2-4-6-15)24(19)21(26)14-13-20(25)16-7-9-17(23)10-8-16/h2-10,18-19H,11-14H2,1H3/t18-,19-/m0/s1. The van der Waals surface area contributed by atoms with E-state index in [1.165, 1.54) is 31.4 Å². The highest BCUT2D eigenvalue weighted by molar-refractivity contribution is 5.98. The Bertz CT molecular complexity index is 851. The highest BCUT2D eigenvalue weighted by atomic mass is 19.1. The second-order valence-corrected chi connectivity index (χ2v) is 6.77. The molecule has 1 amide bonds. The normalized spacial score (nSPS) is 18.7. The summed E-state index contributed by atoms with van der Waals surface area (Å²) in [5.74, 6) is -1.37. The summed E-state index contributed by atoms with van der Waals surface area (Å²) in [6.45, 7) is 0. The minimum atomic E-state index is -0.649. The fourth-order valence-electron chi connectivity index (χ4n) is 3.66. The third-order valence-electron chi connectivity index (χ3n) is 5.06. The predicted octanol–water partition coefficient (Wildman–Crippen LogP) is 3.69. The number of likely N-dealkylation sites (tertiary alicyclic amines) is 1. The van der Waals surface area contributed by atoms with Crippen LogP contribution in [-0.2, 0) is 14.3 Å². The Hall–Kier alpha value is -3.02. The molecule has 1 fully saturated rings. The van der Waals surface area contributed by atoms with Gasteiger partial charge in [0.1, 0.15) is 11.9 Å². The van der Waals surface area contributed by atoms with Gasteiger partial charge in [-0.3, -0.25) is 9.59 Å². The number of rotatable bonds is 6. The SMILES string of the molecule is COC(=O)[C@@H]1CC[C@@H](c2ccccc2)N1C(=O)CCC(=O)c1ccc(F)cc1. The maximum absolute atomic E-state index is 13.0. The van der Waals surface area contributed by atoms with E-state index in [0.717, 1.165) is 5.56 Å². The summed E-state index contributed by atoms with van der Waals surface area (Å²) >= 11 is 0. The van der Waals surface area contributed by atoms with Crippen LogP contribution < -0.4 is 0 Å². The van der Waals surface area contributed by atoms with Crippen molar-refractivity contribution in [3.8, 4) is 0 Å². The lowest BCUT2D eigenvalue weighted by molar-refractivity contribution is -0.152. The molecule has 2 atom stereocenters. The highest BCUT2D eigenvalue weighted by Crippen LogP contribution is 2.37. The molecule has 1 saturated heterocycles. The van der Waals surface area contributed by atoms with E-state index < -0.39 is 17.8 Å². The number of amides is 1. The van der Waals surface area contributed by atoms with Gasteiger partial charge in [-0.2, -0.15) is 0 Å². The number of ketones is 1. The lowest BCUT2D eigenvalue weighted by Gasteiger charge is -2.29. The third-order valence-corrected chi connectivity index (χ3v) is 5.06. The monoisotopic (exact) mass is 383 g/mol. The van der Waals surface area contributed by atoms with E-state index in [2.05, 4.69) is 0 Å². The zero-order valence-corrected chi connectivity index (χ0v) is 15.6. The van der Waals surface area contributed by atoms with Gasteiger partial charge in [0.2, 0.25) is 5.91 Å². The van der Waals surface area contributed by atoms with E-state index in [4.69, 9.17) is 4.74 Å². The van der Waals surface area contributed by atoms with E-state index in [1.54, 1.807) is 4.90 Å². The Kier molecular flexibility index (Phi) is 6.19. The quantitative estimate of drug-likeness (QED) is 0.564. The van der Waals surface area contributed by atoms with Crippen molar-refractivity contribution in [2.75, 3.05) is 7.11 Å². The minimum absolute atomic E-state index is 0.00360. The molecule has 1 aliphatic rings. The molecule has 146 valence electrons. The number of ether oxygens (including phenoxy) is 1. The predicted molar refractivity (Wildman–Crippen MR) is 101 cm³/mol. The molecule has 0 aromatic heterocycles. The molecule has 3 rings (SSSR count). The topological polar surface area (TPSA) is 63.7 Å². The van der Waals surface area contributed by atoms with Crippen LogP contribution in [0.25, 0.3) is 0 Å². The van der Waals surface area contributed by atoms with Crippen molar-refractivity contribution in [1.29, 1.82) is 0 Å². The van der Waals surface area contributed by atoms with Crippen molar-refractivity contribution in [2.45, 2.75) is 37.8 Å². The van der Waals surface area contributed by atoms with Gasteiger partial charge in [0.15, 0.2) is 5.78 Å². The van der Waals surface area contributed by atoms with Gasteiger partial charge in [-0.1, -0.05) is 30.3 Å². The number of hydrogen-bond donors (Lipinski definition) is 0. The molecule has 28 heavy (non-hydrogen) atoms. The van der Waals surface area contributed by atoms with Gasteiger partial charge in [-0.25, -0.2) is 9.18 Å². The van der Waals surface area contributed by atoms with Gasteiger partial charge in [-0.15, -0.1) is 0 Å². The summed E-state index contributed by atoms with van der Waals surface area (Å²) in [6.07, 6.45) is 1.15. The van der Waals surface area contributed by atoms with Gasteiger partial charge < -0.3 is 9.64 Å². The summed E-state index contributed by atoms with van der Waals surface area (Å²) < 4.78 is 17.9. The second kappa shape index (κ2) is 8.78. The first-order valence-corrected chi connectivity index (χ1v) is 9.24. The molecule has 0 unspecified atom stereocenters. The Morgan fingerprint density at radius 1 is 1.00 bits per heavy atom. The lowest BCUT2D eigenvalue weighted by Crippen LogP contribution is -2.42. The summed E-state index contributed by atoms with van der Waals surface area (Å²) in [4.78, 5) is 39.0. The summed E-state index contributed by atoms with van der Waals surface area (Å²) in [6, 6.07) is 13.9. The molecule has 0 bridgehead atoms. The molecule has 0 aliphatic carbocycles. The molecule has 0 saturated carbocycles. The molecule has 2 aromatic carbocycles. The van der Waals surface area contributed by atoms with Crippen molar-refractivity contribution in [1.82, 2.24) is 4.90 Å². The smallest absolute Gasteiger partial charge is 0.328 e. The number of carbonyl (C=O) groups is 3. The molecule has 5 nitrogen and oxygen atoms in total. The van der Waals surface area contributed by atoms with Crippen molar-refractivity contribution >= 4 is 17.7 Å². The molecule has 1 heterocycles. The largest absolute Gasteiger partial charge is 0.467 e. The minimum Gasteiger partial charge on any atom is -0.467 e. The molecule has 1 aliphatic heterocycles. The number of esters is 1. The summed E-state index contributed by atoms with van der Waals surface area (Å²) in [5, 5.41) is 0. The van der Waals surface area contributed by atoms with Crippen LogP contribution in [0, 0.1) is 5.82 Å². The molecule has 6 heteroatoms. The number of halogens is 1. The zero-order chi connectivity index (χ0) is 20.1. The lowest BCUT2D eigenvalue weighted by atomic mass is 10.0. The summed E-state index contributed by atoms with van der Waals surface area (Å²) in [7, 11) is 1.30. The van der Waals surface area contributed by atoms with Gasteiger partial charge in [0, 0.05) is 18.4 Å². The molecule has 2 aromatic rings. The fraction of sp³-hybridized carbons (Fsp3) is 0.318. The van der Waals surface area contributed by atoms with Crippen LogP contribution in [0.5, 0.6) is 0 Å². The Morgan fingerprint density at radius 2 is 1.68 bits per heavy atom. The van der Waals surface area contributed by atoms with Crippen LogP contribution in [0.15, 0.2) is 54.6 Å². The van der Waals surface area contributed by atoms with Crippen molar-refractivity contribution < 1.29 is 23.5 Å². The molecular formula is C22H22FNO4. The van der Waals surface area contributed by atoms with E-state index in [-0.39, 0.29) is 30.6 Å². The first kappa shape index (κ1) is 19.7. The van der Waals surface area contributed by atoms with E-state index in [0.29, 0.717) is 18.4 Å². The molecule has 0 N–H and O–H groups in total. The third kappa shape index (κ3) is 4.27. The fourth-order valence-corrected chi connectivity index (χ4v) is 3.66. The Labute approximate surface area is 163 Å². The summed E-state index contributed by atoms with van der Waals surface area (Å²) in [5.41, 5.74) is 1.31. The zero-order valence-electron chi connectivity index (χ0n) is 15.6. The number of methoxy groups -OCH3 is 1. The van der Waals surface area contributed by atoms with Crippen LogP contribution in [0.2, 0.25) is 0 Å². The number of nitrogens with zero attached hydrogens (tertiary/aromatic N) is 1. The average Bonchev–Trinajstić information content (AvgIpc) is 3.17. The molecular weight excluding hydrogens is 361 g/mol. The van der Waals surface area contributed by atoms with Crippen molar-refractivity contribution in [3.05, 3.63) is 71.5 Å². The van der Waals surface area contributed by atoms with Gasteiger partial charge >= 0.3 is 5.97 Å². The van der Waals surface area contributed by atoms with Gasteiger partial charge in [0.25, 0.3) is 0 Å². The first-order chi connectivity index (χ1) is 13.5. The number of carbonyl (C=O) groups excluding carboxylic acids is 3. The molecule has 0 spiro atoms. The van der Waals surface area contributed by atoms with E-state index in [9.17, 15) is 18.8 Å². The van der Waals surface area contributed by atoms with Crippen LogP contribution in [0.4, 0.5) is 4.39 Å². The number of Topliss-reactive ketones (excluding diaryl/α,β-unsaturated/α-hetero) is 1. The number of benzene rings is 2. The maximum Gasteiger partial charge on any atom is 0.328 e. The molecule has 0 radical (unpaired) electrons. The number of hydrogen-bond acceptors (Lipinski definition) is 4. The van der Waals surface area contributed by atoms with Crippen LogP contribution >= 0.6 is 0 Å². The van der Waals surface area contributed by atoms with E-state index in [1.807, 2.05) is 30.3 Å². The highest BCUT2D eigenvalue weighted by Gasteiger charge is 2.41. The van der Waals surface area contributed by atoms with Crippen LogP contribution in [0.1, 0.15) is 47.6 Å². The second-order valence-electron chi connectivity index (χ2n) is 6.77. The average molecular weight is 383 g/mol. The maximum atomic E-state index is 13.0. The van der Waals surface area contributed by atoms with Gasteiger partial charge in [-0.05, 0) is 42.7 Å².